The third kappa shape index (κ3) is 5.19. The lowest BCUT2D eigenvalue weighted by atomic mass is 9.78. The summed E-state index contributed by atoms with van der Waals surface area (Å²) in [5, 5.41) is 3.28. The number of morpholine rings is 1. The van der Waals surface area contributed by atoms with Crippen molar-refractivity contribution in [3.8, 4) is 0 Å². The van der Waals surface area contributed by atoms with Crippen LogP contribution in [0.25, 0.3) is 0 Å². The van der Waals surface area contributed by atoms with E-state index in [0.29, 0.717) is 13.2 Å². The third-order valence-corrected chi connectivity index (χ3v) is 6.31. The highest BCUT2D eigenvalue weighted by atomic mass is 35.5. The van der Waals surface area contributed by atoms with Crippen molar-refractivity contribution in [3.63, 3.8) is 0 Å². The number of hydrogen-bond acceptors (Lipinski definition) is 4. The van der Waals surface area contributed by atoms with E-state index in [1.54, 1.807) is 0 Å². The van der Waals surface area contributed by atoms with Crippen molar-refractivity contribution >= 4 is 30.7 Å². The molecule has 1 saturated carbocycles. The second-order valence-corrected chi connectivity index (χ2v) is 8.02. The van der Waals surface area contributed by atoms with Gasteiger partial charge in [0.15, 0.2) is 0 Å². The molecule has 1 unspecified atom stereocenters. The van der Waals surface area contributed by atoms with Crippen LogP contribution in [0.15, 0.2) is 30.3 Å². The van der Waals surface area contributed by atoms with E-state index < -0.39 is 0 Å². The lowest BCUT2D eigenvalue weighted by Crippen LogP contribution is -2.65. The molecule has 1 atom stereocenters. The van der Waals surface area contributed by atoms with Gasteiger partial charge in [-0.3, -0.25) is 9.69 Å². The molecule has 7 heteroatoms. The van der Waals surface area contributed by atoms with Crippen molar-refractivity contribution < 1.29 is 9.53 Å². The first kappa shape index (κ1) is 23.4. The molecule has 4 rings (SSSR count). The summed E-state index contributed by atoms with van der Waals surface area (Å²) in [6.45, 7) is 5.75. The fourth-order valence-corrected chi connectivity index (χ4v) is 4.86. The lowest BCUT2D eigenvalue weighted by molar-refractivity contribution is -0.152. The predicted molar refractivity (Wildman–Crippen MR) is 116 cm³/mol. The van der Waals surface area contributed by atoms with Gasteiger partial charge in [-0.2, -0.15) is 0 Å². The molecule has 5 nitrogen and oxygen atoms in total. The van der Waals surface area contributed by atoms with Crippen molar-refractivity contribution in [2.24, 2.45) is 0 Å². The van der Waals surface area contributed by atoms with Crippen LogP contribution in [0.5, 0.6) is 0 Å². The van der Waals surface area contributed by atoms with Gasteiger partial charge in [-0.15, -0.1) is 24.8 Å². The number of nitrogens with zero attached hydrogens (tertiary/aromatic N) is 2. The monoisotopic (exact) mass is 429 g/mol. The summed E-state index contributed by atoms with van der Waals surface area (Å²) in [4.78, 5) is 17.7. The molecule has 3 fully saturated rings. The topological polar surface area (TPSA) is 44.8 Å². The highest BCUT2D eigenvalue weighted by Gasteiger charge is 2.44. The maximum atomic E-state index is 13.0. The van der Waals surface area contributed by atoms with E-state index in [1.807, 2.05) is 0 Å². The fraction of sp³-hybridized carbons (Fsp3) is 0.667. The molecule has 1 aromatic rings. The summed E-state index contributed by atoms with van der Waals surface area (Å²) < 4.78 is 5.72. The molecule has 3 aliphatic rings. The second kappa shape index (κ2) is 10.8. The first-order chi connectivity index (χ1) is 12.8. The zero-order chi connectivity index (χ0) is 17.8. The summed E-state index contributed by atoms with van der Waals surface area (Å²) in [5.41, 5.74) is 1.52. The molecule has 2 saturated heterocycles. The normalized spacial score (nSPS) is 24.9. The molecule has 158 valence electrons. The molecule has 1 aliphatic carbocycles. The average molecular weight is 430 g/mol. The van der Waals surface area contributed by atoms with Crippen molar-refractivity contribution in [2.45, 2.75) is 50.3 Å². The van der Waals surface area contributed by atoms with Gasteiger partial charge in [0.1, 0.15) is 6.10 Å². The van der Waals surface area contributed by atoms with Crippen LogP contribution in [-0.4, -0.2) is 66.7 Å². The summed E-state index contributed by atoms with van der Waals surface area (Å²) in [5.74, 6) is 0.182. The number of carbonyl (C=O) groups is 1. The predicted octanol–water partition coefficient (Wildman–Crippen LogP) is 2.87. The Morgan fingerprint density at radius 3 is 2.54 bits per heavy atom. The van der Waals surface area contributed by atoms with E-state index in [2.05, 4.69) is 45.4 Å². The van der Waals surface area contributed by atoms with Crippen molar-refractivity contribution in [1.82, 2.24) is 15.1 Å². The molecule has 1 aromatic carbocycles. The van der Waals surface area contributed by atoms with E-state index in [1.165, 1.54) is 37.7 Å². The number of hydrogen-bond donors (Lipinski definition) is 1. The first-order valence-electron chi connectivity index (χ1n) is 10.2. The van der Waals surface area contributed by atoms with Crippen LogP contribution in [0.2, 0.25) is 0 Å². The number of halogens is 2. The molecule has 1 amide bonds. The number of rotatable bonds is 3. The van der Waals surface area contributed by atoms with Crippen LogP contribution in [0.4, 0.5) is 0 Å². The van der Waals surface area contributed by atoms with Gasteiger partial charge < -0.3 is 15.0 Å². The zero-order valence-corrected chi connectivity index (χ0v) is 18.1. The summed E-state index contributed by atoms with van der Waals surface area (Å²) >= 11 is 0. The Hall–Kier alpha value is -0.850. The Balaban J connectivity index is 0.00000140. The Morgan fingerprint density at radius 2 is 1.86 bits per heavy atom. The molecule has 1 spiro atoms. The van der Waals surface area contributed by atoms with Crippen molar-refractivity contribution in [1.29, 1.82) is 0 Å². The minimum atomic E-state index is -0.301. The van der Waals surface area contributed by atoms with Crippen LogP contribution in [0.3, 0.4) is 0 Å². The van der Waals surface area contributed by atoms with E-state index in [9.17, 15) is 4.79 Å². The van der Waals surface area contributed by atoms with Crippen LogP contribution < -0.4 is 5.32 Å². The second-order valence-electron chi connectivity index (χ2n) is 8.02. The van der Waals surface area contributed by atoms with Crippen LogP contribution >= 0.6 is 24.8 Å². The third-order valence-electron chi connectivity index (χ3n) is 6.31. The van der Waals surface area contributed by atoms with Crippen molar-refractivity contribution in [2.75, 3.05) is 39.3 Å². The number of carbonyl (C=O) groups excluding carboxylic acids is 1. The number of amides is 1. The highest BCUT2D eigenvalue weighted by molar-refractivity contribution is 5.85. The average Bonchev–Trinajstić information content (AvgIpc) is 2.71. The Labute approximate surface area is 181 Å². The number of piperazine rings is 1. The molecular weight excluding hydrogens is 397 g/mol. The van der Waals surface area contributed by atoms with Gasteiger partial charge in [-0.05, 0) is 18.4 Å². The maximum absolute atomic E-state index is 13.0. The van der Waals surface area contributed by atoms with Gasteiger partial charge in [-0.1, -0.05) is 49.6 Å². The fourth-order valence-electron chi connectivity index (χ4n) is 4.86. The van der Waals surface area contributed by atoms with Gasteiger partial charge in [-0.25, -0.2) is 0 Å². The van der Waals surface area contributed by atoms with Gasteiger partial charge in [0, 0.05) is 44.8 Å². The van der Waals surface area contributed by atoms with Crippen molar-refractivity contribution in [3.05, 3.63) is 35.9 Å². The van der Waals surface area contributed by atoms with Crippen LogP contribution in [0, 0.1) is 0 Å². The smallest absolute Gasteiger partial charge is 0.253 e. The number of benzene rings is 1. The summed E-state index contributed by atoms with van der Waals surface area (Å²) in [7, 11) is 0. The molecule has 1 N–H and O–H groups in total. The lowest BCUT2D eigenvalue weighted by Gasteiger charge is -2.53. The number of nitrogens with one attached hydrogen (secondary N) is 1. The minimum absolute atomic E-state index is 0. The zero-order valence-electron chi connectivity index (χ0n) is 16.5. The first-order valence-corrected chi connectivity index (χ1v) is 10.2. The molecule has 28 heavy (non-hydrogen) atoms. The molecular formula is C21H33Cl2N3O2. The van der Waals surface area contributed by atoms with E-state index in [-0.39, 0.29) is 42.4 Å². The summed E-state index contributed by atoms with van der Waals surface area (Å²) in [6.07, 6.45) is 5.97. The largest absolute Gasteiger partial charge is 0.366 e. The highest BCUT2D eigenvalue weighted by Crippen LogP contribution is 2.37. The maximum Gasteiger partial charge on any atom is 0.253 e. The number of ether oxygens (including phenoxy) is 1. The Morgan fingerprint density at radius 1 is 1.11 bits per heavy atom. The Bertz CT molecular complexity index is 605. The van der Waals surface area contributed by atoms with Gasteiger partial charge in [0.25, 0.3) is 5.91 Å². The van der Waals surface area contributed by atoms with Gasteiger partial charge >= 0.3 is 0 Å². The van der Waals surface area contributed by atoms with Gasteiger partial charge in [0.2, 0.25) is 0 Å². The molecule has 2 aliphatic heterocycles. The molecule has 0 bridgehead atoms. The van der Waals surface area contributed by atoms with Crippen LogP contribution in [-0.2, 0) is 16.1 Å². The van der Waals surface area contributed by atoms with E-state index in [4.69, 9.17) is 4.74 Å². The molecule has 2 heterocycles. The Kier molecular flexibility index (Phi) is 9.03. The SMILES string of the molecule is Cl.Cl.O=C(C1CNCCO1)N1CCN(Cc2ccccc2)C2(CCCCC2)C1. The summed E-state index contributed by atoms with van der Waals surface area (Å²) in [6, 6.07) is 10.8. The quantitative estimate of drug-likeness (QED) is 0.801. The van der Waals surface area contributed by atoms with Gasteiger partial charge in [0.05, 0.1) is 6.61 Å². The molecule has 0 radical (unpaired) electrons. The minimum Gasteiger partial charge on any atom is -0.366 e. The molecule has 0 aromatic heterocycles. The van der Waals surface area contributed by atoms with E-state index >= 15 is 0 Å². The standard InChI is InChI=1S/C21H31N3O2.2ClH/c25-20(19-15-22-11-14-26-19)23-12-13-24(16-18-7-3-1-4-8-18)21(17-23)9-5-2-6-10-21;;/h1,3-4,7-8,19,22H,2,5-6,9-17H2;2*1H. The van der Waals surface area contributed by atoms with Crippen LogP contribution in [0.1, 0.15) is 37.7 Å². The van der Waals surface area contributed by atoms with E-state index in [0.717, 1.165) is 32.7 Å².